The maximum absolute atomic E-state index is 12.9. The van der Waals surface area contributed by atoms with Crippen LogP contribution in [0.5, 0.6) is 5.75 Å². The number of ketones is 1. The van der Waals surface area contributed by atoms with Crippen LogP contribution >= 0.6 is 0 Å². The lowest BCUT2D eigenvalue weighted by atomic mass is 10.0. The van der Waals surface area contributed by atoms with Crippen LogP contribution in [-0.4, -0.2) is 10.4 Å². The number of benzene rings is 2. The van der Waals surface area contributed by atoms with E-state index in [1.54, 1.807) is 0 Å². The monoisotopic (exact) mass is 341 g/mol. The van der Waals surface area contributed by atoms with Crippen LogP contribution in [-0.2, 0) is 13.0 Å². The topological polar surface area (TPSA) is 31.2 Å². The molecule has 0 spiro atoms. The summed E-state index contributed by atoms with van der Waals surface area (Å²) >= 11 is 0. The minimum atomic E-state index is 0.0975. The van der Waals surface area contributed by atoms with E-state index >= 15 is 0 Å². The Balaban J connectivity index is 1.70. The third-order valence-corrected chi connectivity index (χ3v) is 5.22. The molecule has 128 valence electrons. The number of fused-ring (bicyclic) bond motifs is 5. The quantitative estimate of drug-likeness (QED) is 0.604. The molecule has 1 aliphatic heterocycles. The Morgan fingerprint density at radius 3 is 2.62 bits per heavy atom. The van der Waals surface area contributed by atoms with E-state index < -0.39 is 0 Å². The third-order valence-electron chi connectivity index (χ3n) is 5.22. The zero-order chi connectivity index (χ0) is 17.8. The van der Waals surface area contributed by atoms with Gasteiger partial charge in [-0.25, -0.2) is 0 Å². The SMILES string of the molecule is CC(C)=CCn1c2c(c3ccccc31)OC1=C(C2)C(=O)c2ccccc21. The summed E-state index contributed by atoms with van der Waals surface area (Å²) in [5.41, 5.74) is 5.96. The summed E-state index contributed by atoms with van der Waals surface area (Å²) < 4.78 is 8.65. The Labute approximate surface area is 152 Å². The molecule has 5 rings (SSSR count). The molecule has 26 heavy (non-hydrogen) atoms. The van der Waals surface area contributed by atoms with Gasteiger partial charge in [0, 0.05) is 35.1 Å². The van der Waals surface area contributed by atoms with Crippen molar-refractivity contribution in [3.63, 3.8) is 0 Å². The Morgan fingerprint density at radius 1 is 1.08 bits per heavy atom. The fourth-order valence-corrected chi connectivity index (χ4v) is 3.95. The lowest BCUT2D eigenvalue weighted by Crippen LogP contribution is -2.13. The van der Waals surface area contributed by atoms with Gasteiger partial charge in [0.1, 0.15) is 5.76 Å². The van der Waals surface area contributed by atoms with Gasteiger partial charge < -0.3 is 9.30 Å². The third kappa shape index (κ3) is 2.03. The van der Waals surface area contributed by atoms with E-state index in [1.807, 2.05) is 36.4 Å². The van der Waals surface area contributed by atoms with Crippen LogP contribution in [0.3, 0.4) is 0 Å². The summed E-state index contributed by atoms with van der Waals surface area (Å²) in [4.78, 5) is 12.9. The second-order valence-electron chi connectivity index (χ2n) is 7.15. The molecule has 0 saturated heterocycles. The van der Waals surface area contributed by atoms with Crippen molar-refractivity contribution in [3.05, 3.63) is 82.6 Å². The van der Waals surface area contributed by atoms with E-state index in [0.29, 0.717) is 6.42 Å². The number of carbonyl (C=O) groups excluding carboxylic acids is 1. The number of para-hydroxylation sites is 1. The molecule has 0 bridgehead atoms. The van der Waals surface area contributed by atoms with Gasteiger partial charge in [-0.3, -0.25) is 4.79 Å². The first-order chi connectivity index (χ1) is 12.6. The lowest BCUT2D eigenvalue weighted by Gasteiger charge is -2.18. The molecule has 3 aromatic rings. The average Bonchev–Trinajstić information content (AvgIpc) is 3.12. The highest BCUT2D eigenvalue weighted by Crippen LogP contribution is 2.45. The molecule has 3 heteroatoms. The van der Waals surface area contributed by atoms with Gasteiger partial charge in [0.25, 0.3) is 0 Å². The molecular formula is C23H19NO2. The largest absolute Gasteiger partial charge is 0.454 e. The highest BCUT2D eigenvalue weighted by Gasteiger charge is 2.37. The second-order valence-corrected chi connectivity index (χ2v) is 7.15. The number of allylic oxidation sites excluding steroid dienone is 3. The summed E-state index contributed by atoms with van der Waals surface area (Å²) in [5, 5.41) is 1.10. The normalized spacial score (nSPS) is 14.8. The predicted octanol–water partition coefficient (Wildman–Crippen LogP) is 5.15. The van der Waals surface area contributed by atoms with E-state index in [-0.39, 0.29) is 5.78 Å². The Morgan fingerprint density at radius 2 is 1.81 bits per heavy atom. The van der Waals surface area contributed by atoms with Crippen molar-refractivity contribution < 1.29 is 9.53 Å². The summed E-state index contributed by atoms with van der Waals surface area (Å²) in [5.74, 6) is 1.73. The smallest absolute Gasteiger partial charge is 0.193 e. The molecule has 1 aromatic heterocycles. The fraction of sp³-hybridized carbons (Fsp3) is 0.174. The second kappa shape index (κ2) is 5.46. The maximum atomic E-state index is 12.9. The van der Waals surface area contributed by atoms with Crippen molar-refractivity contribution in [1.29, 1.82) is 0 Å². The first kappa shape index (κ1) is 15.2. The number of hydrogen-bond donors (Lipinski definition) is 0. The predicted molar refractivity (Wildman–Crippen MR) is 103 cm³/mol. The highest BCUT2D eigenvalue weighted by atomic mass is 16.5. The summed E-state index contributed by atoms with van der Waals surface area (Å²) in [6.45, 7) is 4.99. The molecule has 3 nitrogen and oxygen atoms in total. The van der Waals surface area contributed by atoms with Gasteiger partial charge in [0.15, 0.2) is 11.5 Å². The van der Waals surface area contributed by atoms with Crippen LogP contribution in [0, 0.1) is 0 Å². The zero-order valence-electron chi connectivity index (χ0n) is 14.9. The molecule has 0 N–H and O–H groups in total. The van der Waals surface area contributed by atoms with Crippen molar-refractivity contribution in [2.75, 3.05) is 0 Å². The molecule has 0 saturated carbocycles. The Hall–Kier alpha value is -3.07. The standard InChI is InChI=1S/C23H19NO2/c1-14(2)11-12-24-19-10-6-5-9-17(19)23-20(24)13-18-21(25)15-7-3-4-8-16(15)22(18)26-23/h3-11H,12-13H2,1-2H3. The van der Waals surface area contributed by atoms with Crippen LogP contribution in [0.25, 0.3) is 16.7 Å². The fourth-order valence-electron chi connectivity index (χ4n) is 3.95. The lowest BCUT2D eigenvalue weighted by molar-refractivity contribution is 0.103. The zero-order valence-corrected chi connectivity index (χ0v) is 14.9. The maximum Gasteiger partial charge on any atom is 0.193 e. The molecule has 0 fully saturated rings. The summed E-state index contributed by atoms with van der Waals surface area (Å²) in [6, 6.07) is 16.0. The molecular weight excluding hydrogens is 322 g/mol. The number of nitrogens with zero attached hydrogens (tertiary/aromatic N) is 1. The molecule has 1 aliphatic carbocycles. The first-order valence-electron chi connectivity index (χ1n) is 8.93. The number of aromatic nitrogens is 1. The van der Waals surface area contributed by atoms with Crippen LogP contribution in [0.2, 0.25) is 0 Å². The van der Waals surface area contributed by atoms with E-state index in [0.717, 1.165) is 51.4 Å². The summed E-state index contributed by atoms with van der Waals surface area (Å²) in [7, 11) is 0. The van der Waals surface area contributed by atoms with Crippen molar-refractivity contribution in [3.8, 4) is 5.75 Å². The van der Waals surface area contributed by atoms with E-state index in [2.05, 4.69) is 36.6 Å². The van der Waals surface area contributed by atoms with E-state index in [9.17, 15) is 4.79 Å². The molecule has 0 unspecified atom stereocenters. The highest BCUT2D eigenvalue weighted by molar-refractivity contribution is 6.20. The number of rotatable bonds is 2. The molecule has 2 aromatic carbocycles. The van der Waals surface area contributed by atoms with Gasteiger partial charge >= 0.3 is 0 Å². The summed E-state index contributed by atoms with van der Waals surface area (Å²) in [6.07, 6.45) is 2.82. The minimum Gasteiger partial charge on any atom is -0.454 e. The minimum absolute atomic E-state index is 0.0975. The van der Waals surface area contributed by atoms with E-state index in [1.165, 1.54) is 5.57 Å². The van der Waals surface area contributed by atoms with Gasteiger partial charge in [-0.15, -0.1) is 0 Å². The molecule has 2 aliphatic rings. The number of ether oxygens (including phenoxy) is 1. The Bertz CT molecular complexity index is 1140. The number of Topliss-reactive ketones (excluding diaryl/α,β-unsaturated/α-hetero) is 1. The van der Waals surface area contributed by atoms with Crippen molar-refractivity contribution in [1.82, 2.24) is 4.57 Å². The van der Waals surface area contributed by atoms with Gasteiger partial charge in [-0.2, -0.15) is 0 Å². The van der Waals surface area contributed by atoms with Gasteiger partial charge in [-0.1, -0.05) is 48.0 Å². The first-order valence-corrected chi connectivity index (χ1v) is 8.93. The molecule has 0 radical (unpaired) electrons. The van der Waals surface area contributed by atoms with Gasteiger partial charge in [-0.05, 0) is 26.0 Å². The van der Waals surface area contributed by atoms with Crippen molar-refractivity contribution >= 4 is 22.4 Å². The number of carbonyl (C=O) groups is 1. The van der Waals surface area contributed by atoms with Crippen LogP contribution in [0.15, 0.2) is 65.8 Å². The average molecular weight is 341 g/mol. The van der Waals surface area contributed by atoms with Crippen molar-refractivity contribution in [2.45, 2.75) is 26.8 Å². The van der Waals surface area contributed by atoms with Crippen LogP contribution < -0.4 is 4.74 Å². The van der Waals surface area contributed by atoms with Gasteiger partial charge in [0.2, 0.25) is 0 Å². The van der Waals surface area contributed by atoms with Crippen LogP contribution in [0.4, 0.5) is 0 Å². The number of hydrogen-bond acceptors (Lipinski definition) is 2. The molecule has 0 atom stereocenters. The Kier molecular flexibility index (Phi) is 3.20. The molecule has 0 amide bonds. The van der Waals surface area contributed by atoms with Crippen molar-refractivity contribution in [2.24, 2.45) is 0 Å². The molecule has 2 heterocycles. The van der Waals surface area contributed by atoms with Crippen LogP contribution in [0.1, 0.15) is 35.5 Å². The van der Waals surface area contributed by atoms with E-state index in [4.69, 9.17) is 4.74 Å². The van der Waals surface area contributed by atoms with Gasteiger partial charge in [0.05, 0.1) is 11.2 Å².